The van der Waals surface area contributed by atoms with E-state index in [1.807, 2.05) is 0 Å². The average molecular weight is 215 g/mol. The highest BCUT2D eigenvalue weighted by Gasteiger charge is 2.35. The Bertz CT molecular complexity index is 230. The van der Waals surface area contributed by atoms with E-state index in [-0.39, 0.29) is 29.8 Å². The van der Waals surface area contributed by atoms with E-state index in [0.29, 0.717) is 19.3 Å². The van der Waals surface area contributed by atoms with Crippen molar-refractivity contribution in [1.82, 2.24) is 0 Å². The number of hydrogen-bond acceptors (Lipinski definition) is 5. The zero-order chi connectivity index (χ0) is 11.4. The van der Waals surface area contributed by atoms with Gasteiger partial charge in [0.05, 0.1) is 26.1 Å². The quantitative estimate of drug-likeness (QED) is 0.660. The van der Waals surface area contributed by atoms with E-state index in [1.54, 1.807) is 0 Å². The smallest absolute Gasteiger partial charge is 0.308 e. The number of rotatable bonds is 2. The van der Waals surface area contributed by atoms with Crippen molar-refractivity contribution >= 4 is 11.9 Å². The third-order valence-electron chi connectivity index (χ3n) is 2.81. The lowest BCUT2D eigenvalue weighted by Crippen LogP contribution is -2.39. The largest absolute Gasteiger partial charge is 0.469 e. The maximum Gasteiger partial charge on any atom is 0.308 e. The molecule has 1 aliphatic rings. The van der Waals surface area contributed by atoms with Gasteiger partial charge in [0.2, 0.25) is 0 Å². The predicted octanol–water partition coefficient (Wildman–Crippen LogP) is 0.0760. The summed E-state index contributed by atoms with van der Waals surface area (Å²) in [7, 11) is 2.69. The summed E-state index contributed by atoms with van der Waals surface area (Å²) < 4.78 is 9.31. The fourth-order valence-corrected chi connectivity index (χ4v) is 2.08. The Hall–Kier alpha value is -1.10. The molecule has 0 aromatic rings. The molecule has 1 aliphatic carbocycles. The van der Waals surface area contributed by atoms with Gasteiger partial charge >= 0.3 is 11.9 Å². The van der Waals surface area contributed by atoms with Crippen LogP contribution in [0.15, 0.2) is 0 Å². The van der Waals surface area contributed by atoms with Crippen molar-refractivity contribution in [3.05, 3.63) is 0 Å². The second-order valence-electron chi connectivity index (χ2n) is 3.91. The van der Waals surface area contributed by atoms with Crippen molar-refractivity contribution in [2.24, 2.45) is 17.6 Å². The van der Waals surface area contributed by atoms with Gasteiger partial charge in [0.1, 0.15) is 0 Å². The molecule has 0 saturated heterocycles. The maximum atomic E-state index is 11.3. The normalized spacial score (nSPS) is 30.7. The summed E-state index contributed by atoms with van der Waals surface area (Å²) in [5.41, 5.74) is 5.78. The zero-order valence-electron chi connectivity index (χ0n) is 9.06. The monoisotopic (exact) mass is 215 g/mol. The lowest BCUT2D eigenvalue weighted by atomic mass is 9.79. The fraction of sp³-hybridized carbons (Fsp3) is 0.800. The summed E-state index contributed by atoms with van der Waals surface area (Å²) >= 11 is 0. The van der Waals surface area contributed by atoms with Crippen LogP contribution in [0.3, 0.4) is 0 Å². The minimum Gasteiger partial charge on any atom is -0.469 e. The Morgan fingerprint density at radius 2 is 1.40 bits per heavy atom. The highest BCUT2D eigenvalue weighted by atomic mass is 16.5. The number of esters is 2. The molecule has 0 radical (unpaired) electrons. The molecule has 0 spiro atoms. The zero-order valence-corrected chi connectivity index (χ0v) is 9.06. The Morgan fingerprint density at radius 1 is 1.00 bits per heavy atom. The van der Waals surface area contributed by atoms with E-state index in [0.717, 1.165) is 0 Å². The number of hydrogen-bond donors (Lipinski definition) is 1. The molecule has 1 rings (SSSR count). The average Bonchev–Trinajstić information content (AvgIpc) is 2.26. The molecule has 15 heavy (non-hydrogen) atoms. The number of nitrogens with two attached hydrogens (primary N) is 1. The van der Waals surface area contributed by atoms with E-state index in [2.05, 4.69) is 9.47 Å². The molecule has 5 nitrogen and oxygen atoms in total. The molecule has 0 bridgehead atoms. The number of carbonyl (C=O) groups excluding carboxylic acids is 2. The summed E-state index contributed by atoms with van der Waals surface area (Å²) in [4.78, 5) is 22.7. The van der Waals surface area contributed by atoms with Crippen LogP contribution in [0.4, 0.5) is 0 Å². The molecule has 0 amide bonds. The molecule has 1 fully saturated rings. The van der Waals surface area contributed by atoms with Crippen LogP contribution in [-0.4, -0.2) is 32.2 Å². The maximum absolute atomic E-state index is 11.3. The fourth-order valence-electron chi connectivity index (χ4n) is 2.08. The van der Waals surface area contributed by atoms with E-state index in [9.17, 15) is 9.59 Å². The lowest BCUT2D eigenvalue weighted by molar-refractivity contribution is -0.152. The molecule has 3 atom stereocenters. The van der Waals surface area contributed by atoms with Gasteiger partial charge in [0.25, 0.3) is 0 Å². The van der Waals surface area contributed by atoms with E-state index in [4.69, 9.17) is 5.73 Å². The Morgan fingerprint density at radius 3 is 1.73 bits per heavy atom. The van der Waals surface area contributed by atoms with Crippen molar-refractivity contribution in [2.45, 2.75) is 25.3 Å². The summed E-state index contributed by atoms with van der Waals surface area (Å²) in [6.45, 7) is 0. The molecule has 86 valence electrons. The van der Waals surface area contributed by atoms with Gasteiger partial charge in [-0.2, -0.15) is 0 Å². The molecule has 0 heterocycles. The summed E-state index contributed by atoms with van der Waals surface area (Å²) in [6, 6.07) is -0.132. The highest BCUT2D eigenvalue weighted by Crippen LogP contribution is 2.29. The van der Waals surface area contributed by atoms with Crippen LogP contribution in [0.5, 0.6) is 0 Å². The van der Waals surface area contributed by atoms with Gasteiger partial charge < -0.3 is 15.2 Å². The predicted molar refractivity (Wildman–Crippen MR) is 52.8 cm³/mol. The van der Waals surface area contributed by atoms with Gasteiger partial charge in [0.15, 0.2) is 0 Å². The van der Waals surface area contributed by atoms with Crippen molar-refractivity contribution in [1.29, 1.82) is 0 Å². The van der Waals surface area contributed by atoms with Gasteiger partial charge in [-0.15, -0.1) is 0 Å². The standard InChI is InChI=1S/C10H17NO4/c1-14-9(12)6-3-7(10(13)15-2)5-8(11)4-6/h6-8H,3-5,11H2,1-2H3/t6-,7+,8-. The second-order valence-corrected chi connectivity index (χ2v) is 3.91. The van der Waals surface area contributed by atoms with Crippen molar-refractivity contribution in [3.63, 3.8) is 0 Å². The molecule has 1 saturated carbocycles. The van der Waals surface area contributed by atoms with Crippen LogP contribution in [-0.2, 0) is 19.1 Å². The van der Waals surface area contributed by atoms with Crippen LogP contribution < -0.4 is 5.73 Å². The molecule has 2 N–H and O–H groups in total. The Labute approximate surface area is 88.9 Å². The third kappa shape index (κ3) is 2.92. The second kappa shape index (κ2) is 5.11. The van der Waals surface area contributed by atoms with Gasteiger partial charge in [-0.05, 0) is 19.3 Å². The molecule has 5 heteroatoms. The first-order valence-electron chi connectivity index (χ1n) is 4.99. The van der Waals surface area contributed by atoms with E-state index in [1.165, 1.54) is 14.2 Å². The molecule has 0 unspecified atom stereocenters. The lowest BCUT2D eigenvalue weighted by Gasteiger charge is -2.29. The molecule has 0 aliphatic heterocycles. The van der Waals surface area contributed by atoms with Crippen molar-refractivity contribution in [2.75, 3.05) is 14.2 Å². The molecular formula is C10H17NO4. The van der Waals surface area contributed by atoms with Crippen LogP contribution in [0.2, 0.25) is 0 Å². The number of ether oxygens (including phenoxy) is 2. The third-order valence-corrected chi connectivity index (χ3v) is 2.81. The first kappa shape index (κ1) is 12.0. The van der Waals surface area contributed by atoms with Crippen molar-refractivity contribution in [3.8, 4) is 0 Å². The van der Waals surface area contributed by atoms with E-state index < -0.39 is 0 Å². The van der Waals surface area contributed by atoms with Gasteiger partial charge in [-0.3, -0.25) is 9.59 Å². The van der Waals surface area contributed by atoms with Gasteiger partial charge in [-0.25, -0.2) is 0 Å². The first-order valence-corrected chi connectivity index (χ1v) is 4.99. The highest BCUT2D eigenvalue weighted by molar-refractivity contribution is 5.76. The first-order chi connectivity index (χ1) is 7.08. The van der Waals surface area contributed by atoms with E-state index >= 15 is 0 Å². The molecular weight excluding hydrogens is 198 g/mol. The van der Waals surface area contributed by atoms with Crippen LogP contribution >= 0.6 is 0 Å². The molecule has 0 aromatic heterocycles. The number of methoxy groups -OCH3 is 2. The summed E-state index contributed by atoms with van der Waals surface area (Å²) in [6.07, 6.45) is 1.65. The van der Waals surface area contributed by atoms with Crippen LogP contribution in [0.25, 0.3) is 0 Å². The van der Waals surface area contributed by atoms with Gasteiger partial charge in [0, 0.05) is 6.04 Å². The summed E-state index contributed by atoms with van der Waals surface area (Å²) in [5, 5.41) is 0. The van der Waals surface area contributed by atoms with Gasteiger partial charge in [-0.1, -0.05) is 0 Å². The Balaban J connectivity index is 2.63. The van der Waals surface area contributed by atoms with Crippen LogP contribution in [0, 0.1) is 11.8 Å². The van der Waals surface area contributed by atoms with Crippen LogP contribution in [0.1, 0.15) is 19.3 Å². The molecule has 0 aromatic carbocycles. The van der Waals surface area contributed by atoms with Crippen molar-refractivity contribution < 1.29 is 19.1 Å². The topological polar surface area (TPSA) is 78.6 Å². The number of carbonyl (C=O) groups is 2. The minimum absolute atomic E-state index is 0.132. The Kier molecular flexibility index (Phi) is 4.08. The summed E-state index contributed by atoms with van der Waals surface area (Å²) in [5.74, 6) is -1.14. The minimum atomic E-state index is -0.293. The SMILES string of the molecule is COC(=O)[C@@H]1C[C@H](N)C[C@H](C(=O)OC)C1.